The summed E-state index contributed by atoms with van der Waals surface area (Å²) in [7, 11) is 0. The minimum Gasteiger partial charge on any atom is -0.378 e. The Balaban J connectivity index is 1.98. The summed E-state index contributed by atoms with van der Waals surface area (Å²) in [4.78, 5) is 0. The fraction of sp³-hybridized carbons (Fsp3) is 1.00. The summed E-state index contributed by atoms with van der Waals surface area (Å²) in [5.74, 6) is -0.0702. The maximum absolute atomic E-state index is 11.8. The van der Waals surface area contributed by atoms with Crippen LogP contribution in [0, 0.1) is 0 Å². The van der Waals surface area contributed by atoms with Crippen LogP contribution in [0.25, 0.3) is 0 Å². The Morgan fingerprint density at radius 2 is 2.19 bits per heavy atom. The van der Waals surface area contributed by atoms with Gasteiger partial charge in [0.15, 0.2) is 0 Å². The van der Waals surface area contributed by atoms with Gasteiger partial charge in [0.05, 0.1) is 25.4 Å². The van der Waals surface area contributed by atoms with E-state index in [9.17, 15) is 13.2 Å². The van der Waals surface area contributed by atoms with Gasteiger partial charge in [-0.25, -0.2) is 0 Å². The number of hydrogen-bond donors (Lipinski definition) is 1. The van der Waals surface area contributed by atoms with Crippen molar-refractivity contribution in [3.8, 4) is 0 Å². The van der Waals surface area contributed by atoms with Crippen LogP contribution in [-0.4, -0.2) is 49.8 Å². The standard InChI is InChI=1S/C9H16F3NO2S/c1-7-4-13-5-8(15-7)6-14-2-3-16-9(10,11)12/h7-8,13H,2-6H2,1H3. The highest BCUT2D eigenvalue weighted by atomic mass is 32.2. The fourth-order valence-corrected chi connectivity index (χ4v) is 1.83. The van der Waals surface area contributed by atoms with Gasteiger partial charge < -0.3 is 14.8 Å². The van der Waals surface area contributed by atoms with Crippen molar-refractivity contribution < 1.29 is 22.6 Å². The lowest BCUT2D eigenvalue weighted by Gasteiger charge is -2.28. The Bertz CT molecular complexity index is 204. The molecule has 0 aromatic heterocycles. The number of alkyl halides is 3. The predicted molar refractivity (Wildman–Crippen MR) is 56.5 cm³/mol. The van der Waals surface area contributed by atoms with Gasteiger partial charge in [-0.3, -0.25) is 0 Å². The largest absolute Gasteiger partial charge is 0.441 e. The van der Waals surface area contributed by atoms with Crippen molar-refractivity contribution in [1.82, 2.24) is 5.32 Å². The Kier molecular flexibility index (Phi) is 5.88. The van der Waals surface area contributed by atoms with Crippen molar-refractivity contribution in [2.75, 3.05) is 32.1 Å². The summed E-state index contributed by atoms with van der Waals surface area (Å²) in [5.41, 5.74) is -4.17. The molecule has 0 aliphatic carbocycles. The number of ether oxygens (including phenoxy) is 2. The van der Waals surface area contributed by atoms with E-state index in [1.807, 2.05) is 6.92 Å². The second-order valence-corrected chi connectivity index (χ2v) is 4.76. The van der Waals surface area contributed by atoms with Gasteiger partial charge in [-0.1, -0.05) is 0 Å². The number of morpholine rings is 1. The molecule has 1 aliphatic heterocycles. The second-order valence-electron chi connectivity index (χ2n) is 3.60. The molecular formula is C9H16F3NO2S. The summed E-state index contributed by atoms with van der Waals surface area (Å²) in [5, 5.41) is 3.16. The highest BCUT2D eigenvalue weighted by molar-refractivity contribution is 8.00. The third kappa shape index (κ3) is 6.57. The van der Waals surface area contributed by atoms with Crippen LogP contribution in [0.4, 0.5) is 13.2 Å². The Morgan fingerprint density at radius 3 is 2.81 bits per heavy atom. The topological polar surface area (TPSA) is 30.5 Å². The normalized spacial score (nSPS) is 27.0. The Hall–Kier alpha value is 0.0200. The van der Waals surface area contributed by atoms with E-state index in [0.29, 0.717) is 13.2 Å². The van der Waals surface area contributed by atoms with Gasteiger partial charge in [-0.05, 0) is 18.7 Å². The molecule has 1 aliphatic rings. The van der Waals surface area contributed by atoms with Crippen molar-refractivity contribution >= 4 is 11.8 Å². The van der Waals surface area contributed by atoms with Crippen LogP contribution in [0.3, 0.4) is 0 Å². The zero-order valence-corrected chi connectivity index (χ0v) is 9.87. The molecule has 16 heavy (non-hydrogen) atoms. The average molecular weight is 259 g/mol. The fourth-order valence-electron chi connectivity index (χ4n) is 1.40. The molecule has 0 aromatic rings. The molecule has 2 unspecified atom stereocenters. The summed E-state index contributed by atoms with van der Waals surface area (Å²) in [6.45, 7) is 3.88. The van der Waals surface area contributed by atoms with E-state index in [2.05, 4.69) is 5.32 Å². The first-order valence-corrected chi connectivity index (χ1v) is 6.10. The molecule has 0 spiro atoms. The van der Waals surface area contributed by atoms with Crippen LogP contribution >= 0.6 is 11.8 Å². The molecule has 1 heterocycles. The lowest BCUT2D eigenvalue weighted by molar-refractivity contribution is -0.0668. The molecule has 96 valence electrons. The summed E-state index contributed by atoms with van der Waals surface area (Å²) in [6, 6.07) is 0. The molecule has 0 aromatic carbocycles. The number of hydrogen-bond acceptors (Lipinski definition) is 4. The molecule has 1 saturated heterocycles. The van der Waals surface area contributed by atoms with E-state index in [4.69, 9.17) is 9.47 Å². The van der Waals surface area contributed by atoms with E-state index >= 15 is 0 Å². The van der Waals surface area contributed by atoms with Crippen LogP contribution in [-0.2, 0) is 9.47 Å². The van der Waals surface area contributed by atoms with Crippen molar-refractivity contribution in [2.45, 2.75) is 24.6 Å². The molecule has 3 nitrogen and oxygen atoms in total. The SMILES string of the molecule is CC1CNCC(COCCSC(F)(F)F)O1. The maximum atomic E-state index is 11.8. The zero-order chi connectivity index (χ0) is 12.0. The minimum absolute atomic E-state index is 0.0559. The molecule has 7 heteroatoms. The van der Waals surface area contributed by atoms with Gasteiger partial charge in [-0.15, -0.1) is 0 Å². The smallest absolute Gasteiger partial charge is 0.378 e. The van der Waals surface area contributed by atoms with Crippen LogP contribution in [0.2, 0.25) is 0 Å². The monoisotopic (exact) mass is 259 g/mol. The molecule has 0 amide bonds. The third-order valence-corrected chi connectivity index (χ3v) is 2.72. The Morgan fingerprint density at radius 1 is 1.44 bits per heavy atom. The van der Waals surface area contributed by atoms with Gasteiger partial charge in [0.2, 0.25) is 0 Å². The minimum atomic E-state index is -4.17. The first kappa shape index (κ1) is 14.1. The molecule has 0 bridgehead atoms. The molecule has 1 N–H and O–H groups in total. The van der Waals surface area contributed by atoms with Crippen molar-refractivity contribution in [3.05, 3.63) is 0 Å². The lowest BCUT2D eigenvalue weighted by atomic mass is 10.2. The zero-order valence-electron chi connectivity index (χ0n) is 9.05. The molecule has 2 atom stereocenters. The highest BCUT2D eigenvalue weighted by Crippen LogP contribution is 2.29. The summed E-state index contributed by atoms with van der Waals surface area (Å²) in [6.07, 6.45) is 0.0755. The van der Waals surface area contributed by atoms with Crippen molar-refractivity contribution in [3.63, 3.8) is 0 Å². The van der Waals surface area contributed by atoms with Gasteiger partial charge in [0.25, 0.3) is 0 Å². The summed E-state index contributed by atoms with van der Waals surface area (Å²) < 4.78 is 45.9. The van der Waals surface area contributed by atoms with E-state index in [1.165, 1.54) is 0 Å². The van der Waals surface area contributed by atoms with Crippen LogP contribution < -0.4 is 5.32 Å². The first-order valence-electron chi connectivity index (χ1n) is 5.12. The number of halogens is 3. The van der Waals surface area contributed by atoms with E-state index in [0.717, 1.165) is 6.54 Å². The van der Waals surface area contributed by atoms with Crippen LogP contribution in [0.5, 0.6) is 0 Å². The number of rotatable bonds is 5. The average Bonchev–Trinajstić information content (AvgIpc) is 2.15. The number of thioether (sulfide) groups is 1. The highest BCUT2D eigenvalue weighted by Gasteiger charge is 2.27. The summed E-state index contributed by atoms with van der Waals surface area (Å²) >= 11 is -0.0607. The predicted octanol–water partition coefficient (Wildman–Crippen LogP) is 1.63. The first-order chi connectivity index (χ1) is 7.47. The maximum Gasteiger partial charge on any atom is 0.441 e. The number of nitrogens with one attached hydrogen (secondary N) is 1. The quantitative estimate of drug-likeness (QED) is 0.760. The molecular weight excluding hydrogens is 243 g/mol. The van der Waals surface area contributed by atoms with Crippen molar-refractivity contribution in [1.29, 1.82) is 0 Å². The molecule has 0 saturated carbocycles. The lowest BCUT2D eigenvalue weighted by Crippen LogP contribution is -2.45. The van der Waals surface area contributed by atoms with E-state index < -0.39 is 5.51 Å². The van der Waals surface area contributed by atoms with E-state index in [-0.39, 0.29) is 36.3 Å². The van der Waals surface area contributed by atoms with Crippen molar-refractivity contribution in [2.24, 2.45) is 0 Å². The molecule has 1 rings (SSSR count). The third-order valence-electron chi connectivity index (χ3n) is 2.03. The van der Waals surface area contributed by atoms with Gasteiger partial charge >= 0.3 is 5.51 Å². The van der Waals surface area contributed by atoms with Gasteiger partial charge in [-0.2, -0.15) is 13.2 Å². The van der Waals surface area contributed by atoms with Gasteiger partial charge in [0, 0.05) is 18.8 Å². The van der Waals surface area contributed by atoms with E-state index in [1.54, 1.807) is 0 Å². The van der Waals surface area contributed by atoms with Crippen LogP contribution in [0.15, 0.2) is 0 Å². The second kappa shape index (κ2) is 6.68. The Labute approximate surface area is 97.0 Å². The molecule has 0 radical (unpaired) electrons. The van der Waals surface area contributed by atoms with Gasteiger partial charge in [0.1, 0.15) is 0 Å². The molecule has 1 fully saturated rings. The van der Waals surface area contributed by atoms with Crippen LogP contribution in [0.1, 0.15) is 6.92 Å².